The van der Waals surface area contributed by atoms with Gasteiger partial charge in [-0.05, 0) is 51.1 Å². The summed E-state index contributed by atoms with van der Waals surface area (Å²) in [5.41, 5.74) is -1.36. The van der Waals surface area contributed by atoms with Gasteiger partial charge in [0.25, 0.3) is 0 Å². The monoisotopic (exact) mass is 500 g/mol. The smallest absolute Gasteiger partial charge is 0.405 e. The Morgan fingerprint density at radius 3 is 2.19 bits per heavy atom. The van der Waals surface area contributed by atoms with Gasteiger partial charge in [-0.15, -0.1) is 0 Å². The molecule has 0 spiro atoms. The van der Waals surface area contributed by atoms with E-state index in [9.17, 15) is 24.0 Å². The zero-order valence-corrected chi connectivity index (χ0v) is 20.2. The summed E-state index contributed by atoms with van der Waals surface area (Å²) in [5.74, 6) is 0.0773. The number of ether oxygens (including phenoxy) is 1. The summed E-state index contributed by atoms with van der Waals surface area (Å²) in [5, 5.41) is 13.7. The van der Waals surface area contributed by atoms with Crippen LogP contribution in [0.15, 0.2) is 41.3 Å². The van der Waals surface area contributed by atoms with Gasteiger partial charge < -0.3 is 25.0 Å². The SMILES string of the molecule is CC(=O)COc1ccc(-n2ccc(NC(=O)N3CCN(C(=O)C(C)(C)NC(=O)O)CC3)nc2=O)cc1. The molecule has 2 aromatic rings. The summed E-state index contributed by atoms with van der Waals surface area (Å²) >= 11 is 0. The quantitative estimate of drug-likeness (QED) is 0.505. The second kappa shape index (κ2) is 10.9. The van der Waals surface area contributed by atoms with Gasteiger partial charge in [0, 0.05) is 32.4 Å². The van der Waals surface area contributed by atoms with Crippen LogP contribution in [0.25, 0.3) is 5.69 Å². The number of rotatable bonds is 7. The van der Waals surface area contributed by atoms with Crippen molar-refractivity contribution in [2.45, 2.75) is 26.3 Å². The first-order valence-electron chi connectivity index (χ1n) is 11.1. The zero-order valence-electron chi connectivity index (χ0n) is 20.2. The number of carbonyl (C=O) groups excluding carboxylic acids is 3. The highest BCUT2D eigenvalue weighted by atomic mass is 16.5. The molecule has 1 aliphatic heterocycles. The van der Waals surface area contributed by atoms with Crippen molar-refractivity contribution in [3.8, 4) is 11.4 Å². The van der Waals surface area contributed by atoms with E-state index in [0.717, 1.165) is 0 Å². The number of carbonyl (C=O) groups is 4. The normalized spacial score (nSPS) is 13.6. The first kappa shape index (κ1) is 26.2. The Bertz CT molecular complexity index is 1200. The summed E-state index contributed by atoms with van der Waals surface area (Å²) in [4.78, 5) is 66.6. The van der Waals surface area contributed by atoms with Gasteiger partial charge in [0.05, 0.1) is 5.69 Å². The zero-order chi connectivity index (χ0) is 26.5. The fraction of sp³-hybridized carbons (Fsp3) is 0.391. The number of nitrogens with one attached hydrogen (secondary N) is 2. The van der Waals surface area contributed by atoms with Crippen molar-refractivity contribution in [1.29, 1.82) is 0 Å². The highest BCUT2D eigenvalue weighted by Crippen LogP contribution is 2.15. The lowest BCUT2D eigenvalue weighted by atomic mass is 10.0. The number of Topliss-reactive ketones (excluding diaryl/α,β-unsaturated/α-hetero) is 1. The van der Waals surface area contributed by atoms with Gasteiger partial charge in [-0.3, -0.25) is 19.5 Å². The predicted octanol–water partition coefficient (Wildman–Crippen LogP) is 0.923. The maximum absolute atomic E-state index is 12.6. The molecule has 1 aliphatic rings. The molecule has 36 heavy (non-hydrogen) atoms. The Hall–Kier alpha value is -4.42. The van der Waals surface area contributed by atoms with E-state index >= 15 is 0 Å². The highest BCUT2D eigenvalue weighted by Gasteiger charge is 2.35. The maximum atomic E-state index is 12.6. The molecule has 192 valence electrons. The van der Waals surface area contributed by atoms with Crippen molar-refractivity contribution in [3.63, 3.8) is 0 Å². The molecule has 0 bridgehead atoms. The summed E-state index contributed by atoms with van der Waals surface area (Å²) < 4.78 is 6.60. The molecule has 1 aromatic heterocycles. The Labute approximate surface area is 206 Å². The van der Waals surface area contributed by atoms with Gasteiger partial charge in [-0.25, -0.2) is 14.4 Å². The molecule has 1 fully saturated rings. The first-order valence-corrected chi connectivity index (χ1v) is 11.1. The lowest BCUT2D eigenvalue weighted by Gasteiger charge is -2.38. The molecule has 1 saturated heterocycles. The molecule has 2 heterocycles. The van der Waals surface area contributed by atoms with Crippen LogP contribution < -0.4 is 21.1 Å². The van der Waals surface area contributed by atoms with Gasteiger partial charge in [-0.2, -0.15) is 4.98 Å². The molecule has 13 heteroatoms. The van der Waals surface area contributed by atoms with E-state index in [2.05, 4.69) is 15.6 Å². The number of anilines is 1. The number of aromatic nitrogens is 2. The molecule has 0 atom stereocenters. The van der Waals surface area contributed by atoms with Crippen molar-refractivity contribution in [2.75, 3.05) is 38.1 Å². The number of nitrogens with zero attached hydrogens (tertiary/aromatic N) is 4. The van der Waals surface area contributed by atoms with Gasteiger partial charge in [-0.1, -0.05) is 0 Å². The minimum absolute atomic E-state index is 0.0412. The lowest BCUT2D eigenvalue weighted by Crippen LogP contribution is -2.60. The maximum Gasteiger partial charge on any atom is 0.405 e. The largest absolute Gasteiger partial charge is 0.486 e. The average Bonchev–Trinajstić information content (AvgIpc) is 2.82. The van der Waals surface area contributed by atoms with Crippen LogP contribution in [-0.2, 0) is 9.59 Å². The van der Waals surface area contributed by atoms with E-state index in [0.29, 0.717) is 11.4 Å². The average molecular weight is 501 g/mol. The second-order valence-electron chi connectivity index (χ2n) is 8.71. The van der Waals surface area contributed by atoms with Crippen LogP contribution in [0.4, 0.5) is 15.4 Å². The number of urea groups is 1. The molecule has 0 unspecified atom stereocenters. The number of benzene rings is 1. The first-order chi connectivity index (χ1) is 17.0. The van der Waals surface area contributed by atoms with Crippen LogP contribution in [-0.4, -0.2) is 86.6 Å². The van der Waals surface area contributed by atoms with Crippen LogP contribution >= 0.6 is 0 Å². The number of hydrogen-bond donors (Lipinski definition) is 3. The van der Waals surface area contributed by atoms with Crippen molar-refractivity contribution in [2.24, 2.45) is 0 Å². The Balaban J connectivity index is 1.57. The molecule has 0 radical (unpaired) electrons. The second-order valence-corrected chi connectivity index (χ2v) is 8.71. The molecule has 0 saturated carbocycles. The standard InChI is InChI=1S/C23H28N6O7/c1-15(30)14-36-17-6-4-16(5-7-17)29-9-8-18(25-21(29)33)24-20(32)28-12-10-27(11-13-28)19(31)23(2,3)26-22(34)35/h4-9,26H,10-14H2,1-3H3,(H,34,35)(H,24,25,32,33). The van der Waals surface area contributed by atoms with Crippen LogP contribution in [0, 0.1) is 0 Å². The molecule has 13 nitrogen and oxygen atoms in total. The summed E-state index contributed by atoms with van der Waals surface area (Å²) in [6.45, 7) is 5.27. The van der Waals surface area contributed by atoms with E-state index in [1.165, 1.54) is 47.4 Å². The number of carboxylic acid groups (broad SMARTS) is 1. The number of piperazine rings is 1. The van der Waals surface area contributed by atoms with Gasteiger partial charge in [0.2, 0.25) is 5.91 Å². The molecular formula is C23H28N6O7. The van der Waals surface area contributed by atoms with E-state index < -0.39 is 23.4 Å². The van der Waals surface area contributed by atoms with E-state index in [1.807, 2.05) is 0 Å². The molecule has 1 aromatic carbocycles. The summed E-state index contributed by atoms with van der Waals surface area (Å²) in [6, 6.07) is 7.56. The third-order valence-electron chi connectivity index (χ3n) is 5.40. The van der Waals surface area contributed by atoms with Crippen molar-refractivity contribution < 1.29 is 29.0 Å². The molecule has 3 N–H and O–H groups in total. The topological polar surface area (TPSA) is 163 Å². The van der Waals surface area contributed by atoms with Crippen LogP contribution in [0.1, 0.15) is 20.8 Å². The minimum atomic E-state index is -1.29. The summed E-state index contributed by atoms with van der Waals surface area (Å²) in [7, 11) is 0. The van der Waals surface area contributed by atoms with Crippen molar-refractivity contribution in [1.82, 2.24) is 24.7 Å². The van der Waals surface area contributed by atoms with Crippen LogP contribution in [0.3, 0.4) is 0 Å². The number of hydrogen-bond acceptors (Lipinski definition) is 7. The van der Waals surface area contributed by atoms with E-state index in [-0.39, 0.29) is 50.3 Å². The van der Waals surface area contributed by atoms with Crippen LogP contribution in [0.2, 0.25) is 0 Å². The van der Waals surface area contributed by atoms with E-state index in [4.69, 9.17) is 9.84 Å². The molecular weight excluding hydrogens is 472 g/mol. The third-order valence-corrected chi connectivity index (χ3v) is 5.40. The lowest BCUT2D eigenvalue weighted by molar-refractivity contribution is -0.138. The predicted molar refractivity (Wildman–Crippen MR) is 128 cm³/mol. The third kappa shape index (κ3) is 6.58. The van der Waals surface area contributed by atoms with Crippen molar-refractivity contribution >= 4 is 29.6 Å². The fourth-order valence-corrected chi connectivity index (χ4v) is 3.57. The Morgan fingerprint density at radius 2 is 1.64 bits per heavy atom. The van der Waals surface area contributed by atoms with Gasteiger partial charge >= 0.3 is 17.8 Å². The van der Waals surface area contributed by atoms with E-state index in [1.54, 1.807) is 24.3 Å². The van der Waals surface area contributed by atoms with Gasteiger partial charge in [0.15, 0.2) is 5.78 Å². The fourth-order valence-electron chi connectivity index (χ4n) is 3.57. The molecule has 0 aliphatic carbocycles. The highest BCUT2D eigenvalue weighted by molar-refractivity contribution is 5.90. The number of ketones is 1. The van der Waals surface area contributed by atoms with Crippen molar-refractivity contribution in [3.05, 3.63) is 47.0 Å². The van der Waals surface area contributed by atoms with Gasteiger partial charge in [0.1, 0.15) is 23.7 Å². The molecule has 4 amide bonds. The minimum Gasteiger partial charge on any atom is -0.486 e. The van der Waals surface area contributed by atoms with Crippen LogP contribution in [0.5, 0.6) is 5.75 Å². The number of amides is 4. The molecule has 3 rings (SSSR count). The Kier molecular flexibility index (Phi) is 7.92. The summed E-state index contributed by atoms with van der Waals surface area (Å²) in [6.07, 6.45) is 0.182. The Morgan fingerprint density at radius 1 is 1.03 bits per heavy atom.